The molecule has 3 rings (SSSR count). The Hall–Kier alpha value is -2.48. The van der Waals surface area contributed by atoms with Gasteiger partial charge in [-0.2, -0.15) is 0 Å². The number of thiocarbonyl (C=S) groups is 1. The first kappa shape index (κ1) is 18.3. The molecule has 0 radical (unpaired) electrons. The van der Waals surface area contributed by atoms with E-state index >= 15 is 0 Å². The summed E-state index contributed by atoms with van der Waals surface area (Å²) in [4.78, 5) is 12.2. The van der Waals surface area contributed by atoms with Crippen molar-refractivity contribution in [3.8, 4) is 11.3 Å². The number of rotatable bonds is 4. The van der Waals surface area contributed by atoms with E-state index in [0.29, 0.717) is 17.1 Å². The van der Waals surface area contributed by atoms with Gasteiger partial charge in [-0.1, -0.05) is 22.0 Å². The number of aliphatic hydroxyl groups excluding tert-OH is 1. The van der Waals surface area contributed by atoms with Crippen molar-refractivity contribution in [2.24, 2.45) is 0 Å². The standard InChI is InChI=1S/C19H15BrN2O3S/c20-14-3-1-2-13(10-14)18(24)22-19(26)21-15-6-4-12(5-7-15)17-9-8-16(11-23)25-17/h1-10,23H,11H2,(H2,21,22,24,26). The molecule has 26 heavy (non-hydrogen) atoms. The number of halogens is 1. The lowest BCUT2D eigenvalue weighted by Crippen LogP contribution is -2.34. The number of furan rings is 1. The van der Waals surface area contributed by atoms with Crippen molar-refractivity contribution in [1.82, 2.24) is 5.32 Å². The molecule has 132 valence electrons. The zero-order valence-corrected chi connectivity index (χ0v) is 15.9. The second-order valence-corrected chi connectivity index (χ2v) is 6.74. The molecule has 3 N–H and O–H groups in total. The second kappa shape index (κ2) is 8.27. The van der Waals surface area contributed by atoms with E-state index in [1.54, 1.807) is 30.3 Å². The van der Waals surface area contributed by atoms with Gasteiger partial charge in [0.25, 0.3) is 5.91 Å². The zero-order valence-electron chi connectivity index (χ0n) is 13.5. The quantitative estimate of drug-likeness (QED) is 0.537. The number of nitrogens with one attached hydrogen (secondary N) is 2. The summed E-state index contributed by atoms with van der Waals surface area (Å²) in [6.45, 7) is -0.133. The smallest absolute Gasteiger partial charge is 0.257 e. The zero-order chi connectivity index (χ0) is 18.5. The first-order valence-corrected chi connectivity index (χ1v) is 8.93. The SMILES string of the molecule is O=C(NC(=S)Nc1ccc(-c2ccc(CO)o2)cc1)c1cccc(Br)c1. The molecule has 1 amide bonds. The van der Waals surface area contributed by atoms with Crippen LogP contribution in [0.3, 0.4) is 0 Å². The highest BCUT2D eigenvalue weighted by atomic mass is 79.9. The van der Waals surface area contributed by atoms with Gasteiger partial charge in [0.15, 0.2) is 5.11 Å². The van der Waals surface area contributed by atoms with Crippen molar-refractivity contribution in [3.05, 3.63) is 76.5 Å². The van der Waals surface area contributed by atoms with Crippen molar-refractivity contribution >= 4 is 44.9 Å². The molecular formula is C19H15BrN2O3S. The van der Waals surface area contributed by atoms with Gasteiger partial charge < -0.3 is 14.8 Å². The average molecular weight is 431 g/mol. The van der Waals surface area contributed by atoms with Gasteiger partial charge in [0.2, 0.25) is 0 Å². The number of hydrogen-bond acceptors (Lipinski definition) is 4. The van der Waals surface area contributed by atoms with Crippen molar-refractivity contribution < 1.29 is 14.3 Å². The van der Waals surface area contributed by atoms with Gasteiger partial charge >= 0.3 is 0 Å². The van der Waals surface area contributed by atoms with Crippen LogP contribution in [-0.2, 0) is 6.61 Å². The molecule has 0 bridgehead atoms. The molecule has 1 aromatic heterocycles. The maximum absolute atomic E-state index is 12.2. The molecule has 2 aromatic carbocycles. The highest BCUT2D eigenvalue weighted by molar-refractivity contribution is 9.10. The molecule has 0 aliphatic carbocycles. The lowest BCUT2D eigenvalue weighted by molar-refractivity contribution is 0.0977. The summed E-state index contributed by atoms with van der Waals surface area (Å²) in [5, 5.41) is 14.9. The first-order chi connectivity index (χ1) is 12.5. The van der Waals surface area contributed by atoms with Gasteiger partial charge in [-0.3, -0.25) is 10.1 Å². The molecule has 0 atom stereocenters. The van der Waals surface area contributed by atoms with Crippen LogP contribution in [0.25, 0.3) is 11.3 Å². The van der Waals surface area contributed by atoms with Crippen molar-refractivity contribution in [2.45, 2.75) is 6.61 Å². The Balaban J connectivity index is 1.61. The van der Waals surface area contributed by atoms with E-state index in [2.05, 4.69) is 26.6 Å². The normalized spacial score (nSPS) is 10.4. The maximum atomic E-state index is 12.2. The summed E-state index contributed by atoms with van der Waals surface area (Å²) < 4.78 is 6.32. The molecule has 0 fully saturated rings. The van der Waals surface area contributed by atoms with E-state index in [1.165, 1.54) is 0 Å². The fourth-order valence-electron chi connectivity index (χ4n) is 2.30. The molecular weight excluding hydrogens is 416 g/mol. The Morgan fingerprint density at radius 3 is 2.54 bits per heavy atom. The number of anilines is 1. The van der Waals surface area contributed by atoms with Crippen LogP contribution in [0.2, 0.25) is 0 Å². The lowest BCUT2D eigenvalue weighted by atomic mass is 10.1. The Bertz CT molecular complexity index is 938. The van der Waals surface area contributed by atoms with E-state index in [9.17, 15) is 4.79 Å². The van der Waals surface area contributed by atoms with Crippen molar-refractivity contribution in [2.75, 3.05) is 5.32 Å². The second-order valence-electron chi connectivity index (χ2n) is 5.42. The van der Waals surface area contributed by atoms with E-state index in [4.69, 9.17) is 21.7 Å². The fourth-order valence-corrected chi connectivity index (χ4v) is 2.91. The van der Waals surface area contributed by atoms with E-state index in [-0.39, 0.29) is 17.6 Å². The van der Waals surface area contributed by atoms with Crippen LogP contribution in [0.5, 0.6) is 0 Å². The molecule has 0 saturated carbocycles. The monoisotopic (exact) mass is 430 g/mol. The molecule has 0 aliphatic rings. The summed E-state index contributed by atoms with van der Waals surface area (Å²) in [6, 6.07) is 18.0. The third kappa shape index (κ3) is 4.57. The van der Waals surface area contributed by atoms with Crippen LogP contribution in [0.4, 0.5) is 5.69 Å². The van der Waals surface area contributed by atoms with Gasteiger partial charge in [0, 0.05) is 21.3 Å². The molecule has 3 aromatic rings. The molecule has 7 heteroatoms. The van der Waals surface area contributed by atoms with Gasteiger partial charge in [-0.05, 0) is 66.8 Å². The molecule has 5 nitrogen and oxygen atoms in total. The number of aliphatic hydroxyl groups is 1. The van der Waals surface area contributed by atoms with E-state index < -0.39 is 0 Å². The third-order valence-electron chi connectivity index (χ3n) is 3.56. The Labute approximate surface area is 164 Å². The number of amides is 1. The van der Waals surface area contributed by atoms with Crippen molar-refractivity contribution in [1.29, 1.82) is 0 Å². The summed E-state index contributed by atoms with van der Waals surface area (Å²) in [5.74, 6) is 0.900. The summed E-state index contributed by atoms with van der Waals surface area (Å²) in [7, 11) is 0. The predicted molar refractivity (Wildman–Crippen MR) is 108 cm³/mol. The van der Waals surface area contributed by atoms with Gasteiger partial charge in [-0.25, -0.2) is 0 Å². The third-order valence-corrected chi connectivity index (χ3v) is 4.26. The molecule has 0 aliphatic heterocycles. The largest absolute Gasteiger partial charge is 0.459 e. The van der Waals surface area contributed by atoms with Gasteiger partial charge in [-0.15, -0.1) is 0 Å². The van der Waals surface area contributed by atoms with E-state index in [1.807, 2.05) is 30.3 Å². The Kier molecular flexibility index (Phi) is 5.82. The highest BCUT2D eigenvalue weighted by Crippen LogP contribution is 2.23. The number of carbonyl (C=O) groups excluding carboxylic acids is 1. The number of carbonyl (C=O) groups is 1. The van der Waals surface area contributed by atoms with Crippen LogP contribution < -0.4 is 10.6 Å². The minimum atomic E-state index is -0.285. The Morgan fingerprint density at radius 2 is 1.88 bits per heavy atom. The van der Waals surface area contributed by atoms with Gasteiger partial charge in [0.1, 0.15) is 18.1 Å². The first-order valence-electron chi connectivity index (χ1n) is 7.73. The molecule has 1 heterocycles. The Morgan fingerprint density at radius 1 is 1.12 bits per heavy atom. The number of hydrogen-bond donors (Lipinski definition) is 3. The van der Waals surface area contributed by atoms with E-state index in [0.717, 1.165) is 15.7 Å². The topological polar surface area (TPSA) is 74.5 Å². The van der Waals surface area contributed by atoms with Gasteiger partial charge in [0.05, 0.1) is 0 Å². The lowest BCUT2D eigenvalue weighted by Gasteiger charge is -2.10. The van der Waals surface area contributed by atoms with Crippen LogP contribution in [0, 0.1) is 0 Å². The molecule has 0 unspecified atom stereocenters. The van der Waals surface area contributed by atoms with Crippen LogP contribution in [0.15, 0.2) is 69.6 Å². The molecule has 0 saturated heterocycles. The summed E-state index contributed by atoms with van der Waals surface area (Å²) in [5.41, 5.74) is 2.12. The highest BCUT2D eigenvalue weighted by Gasteiger charge is 2.09. The van der Waals surface area contributed by atoms with Crippen molar-refractivity contribution in [3.63, 3.8) is 0 Å². The molecule has 0 spiro atoms. The summed E-state index contributed by atoms with van der Waals surface area (Å²) >= 11 is 8.52. The van der Waals surface area contributed by atoms with Crippen LogP contribution >= 0.6 is 28.1 Å². The van der Waals surface area contributed by atoms with Crippen LogP contribution in [0.1, 0.15) is 16.1 Å². The fraction of sp³-hybridized carbons (Fsp3) is 0.0526. The number of benzene rings is 2. The average Bonchev–Trinajstić information content (AvgIpc) is 3.11. The maximum Gasteiger partial charge on any atom is 0.257 e. The minimum absolute atomic E-state index is 0.133. The van der Waals surface area contributed by atoms with Crippen LogP contribution in [-0.4, -0.2) is 16.1 Å². The minimum Gasteiger partial charge on any atom is -0.459 e. The summed E-state index contributed by atoms with van der Waals surface area (Å²) in [6.07, 6.45) is 0. The predicted octanol–water partition coefficient (Wildman–Crippen LogP) is 4.33.